The minimum absolute atomic E-state index is 0.133. The van der Waals surface area contributed by atoms with Gasteiger partial charge in [-0.2, -0.15) is 0 Å². The maximum Gasteiger partial charge on any atom is 0.270 e. The number of methoxy groups -OCH3 is 1. The van der Waals surface area contributed by atoms with Gasteiger partial charge in [-0.3, -0.25) is 24.6 Å². The van der Waals surface area contributed by atoms with Crippen LogP contribution in [-0.2, 0) is 21.0 Å². The molecular formula is C27H22FN3O5S. The Bertz CT molecular complexity index is 1420. The first-order valence-electron chi connectivity index (χ1n) is 11.1. The third-order valence-electron chi connectivity index (χ3n) is 5.35. The lowest BCUT2D eigenvalue weighted by Gasteiger charge is -2.28. The van der Waals surface area contributed by atoms with E-state index in [1.54, 1.807) is 42.5 Å². The van der Waals surface area contributed by atoms with Crippen molar-refractivity contribution in [3.05, 3.63) is 89.2 Å². The molecule has 0 aliphatic carbocycles. The molecule has 37 heavy (non-hydrogen) atoms. The molecule has 2 N–H and O–H groups in total. The van der Waals surface area contributed by atoms with Crippen LogP contribution in [0.15, 0.2) is 72.3 Å². The van der Waals surface area contributed by atoms with Crippen LogP contribution in [0.5, 0.6) is 11.5 Å². The molecule has 8 nitrogen and oxygen atoms in total. The van der Waals surface area contributed by atoms with Crippen LogP contribution in [0.4, 0.5) is 15.8 Å². The lowest BCUT2D eigenvalue weighted by Crippen LogP contribution is -2.54. The van der Waals surface area contributed by atoms with E-state index in [4.69, 9.17) is 21.7 Å². The summed E-state index contributed by atoms with van der Waals surface area (Å²) in [7, 11) is 1.52. The number of nitrogens with one attached hydrogen (secondary N) is 2. The van der Waals surface area contributed by atoms with Crippen LogP contribution in [0, 0.1) is 5.82 Å². The zero-order valence-corrected chi connectivity index (χ0v) is 20.7. The molecule has 0 saturated carbocycles. The normalized spacial score (nSPS) is 14.4. The van der Waals surface area contributed by atoms with Crippen LogP contribution < -0.4 is 25.0 Å². The number of hydrogen-bond acceptors (Lipinski definition) is 6. The summed E-state index contributed by atoms with van der Waals surface area (Å²) >= 11 is 5.16. The molecule has 3 amide bonds. The molecule has 3 aromatic rings. The highest BCUT2D eigenvalue weighted by Crippen LogP contribution is 2.26. The molecule has 0 spiro atoms. The standard InChI is InChI=1S/C27H22FN3O5S/c1-16(32)29-20-7-9-22(10-8-20)36-15-18-12-17(6-11-24(18)35-2)13-23-25(33)30-27(37)31(26(23)34)21-5-3-4-19(28)14-21/h3-14H,15H2,1-2H3,(H,29,32)(H,30,33,37). The van der Waals surface area contributed by atoms with E-state index in [0.717, 1.165) is 11.0 Å². The summed E-state index contributed by atoms with van der Waals surface area (Å²) < 4.78 is 25.0. The Morgan fingerprint density at radius 2 is 1.86 bits per heavy atom. The van der Waals surface area contributed by atoms with Gasteiger partial charge in [-0.25, -0.2) is 4.39 Å². The van der Waals surface area contributed by atoms with Gasteiger partial charge in [0.25, 0.3) is 11.8 Å². The summed E-state index contributed by atoms with van der Waals surface area (Å²) in [5, 5.41) is 5.03. The fourth-order valence-corrected chi connectivity index (χ4v) is 3.95. The number of carbonyl (C=O) groups is 3. The van der Waals surface area contributed by atoms with Crippen molar-refractivity contribution < 1.29 is 28.2 Å². The highest BCUT2D eigenvalue weighted by molar-refractivity contribution is 7.80. The van der Waals surface area contributed by atoms with Crippen molar-refractivity contribution in [2.75, 3.05) is 17.3 Å². The van der Waals surface area contributed by atoms with Gasteiger partial charge in [0, 0.05) is 18.2 Å². The van der Waals surface area contributed by atoms with Crippen LogP contribution in [0.2, 0.25) is 0 Å². The van der Waals surface area contributed by atoms with Gasteiger partial charge >= 0.3 is 0 Å². The number of anilines is 2. The monoisotopic (exact) mass is 519 g/mol. The van der Waals surface area contributed by atoms with Gasteiger partial charge in [0.1, 0.15) is 29.5 Å². The van der Waals surface area contributed by atoms with E-state index in [2.05, 4.69) is 10.6 Å². The lowest BCUT2D eigenvalue weighted by atomic mass is 10.0. The first-order valence-corrected chi connectivity index (χ1v) is 11.5. The molecule has 0 bridgehead atoms. The van der Waals surface area contributed by atoms with Crippen LogP contribution in [0.3, 0.4) is 0 Å². The smallest absolute Gasteiger partial charge is 0.270 e. The Labute approximate surface area is 217 Å². The predicted molar refractivity (Wildman–Crippen MR) is 141 cm³/mol. The summed E-state index contributed by atoms with van der Waals surface area (Å²) in [5.41, 5.74) is 1.90. The second kappa shape index (κ2) is 11.0. The Morgan fingerprint density at radius 1 is 1.11 bits per heavy atom. The van der Waals surface area contributed by atoms with E-state index in [1.807, 2.05) is 0 Å². The van der Waals surface area contributed by atoms with Crippen molar-refractivity contribution >= 4 is 52.5 Å². The number of thiocarbonyl (C=S) groups is 1. The van der Waals surface area contributed by atoms with Gasteiger partial charge in [-0.05, 0) is 78.5 Å². The number of benzene rings is 3. The molecule has 0 unspecified atom stereocenters. The third-order valence-corrected chi connectivity index (χ3v) is 5.64. The highest BCUT2D eigenvalue weighted by Gasteiger charge is 2.34. The van der Waals surface area contributed by atoms with E-state index >= 15 is 0 Å². The summed E-state index contributed by atoms with van der Waals surface area (Å²) in [5.74, 6) is -0.918. The van der Waals surface area contributed by atoms with E-state index < -0.39 is 17.6 Å². The highest BCUT2D eigenvalue weighted by atomic mass is 32.1. The van der Waals surface area contributed by atoms with Crippen LogP contribution in [0.25, 0.3) is 6.08 Å². The second-order valence-electron chi connectivity index (χ2n) is 8.00. The molecule has 4 rings (SSSR count). The largest absolute Gasteiger partial charge is 0.496 e. The first-order chi connectivity index (χ1) is 17.7. The van der Waals surface area contributed by atoms with Gasteiger partial charge in [-0.15, -0.1) is 0 Å². The third kappa shape index (κ3) is 5.99. The Balaban J connectivity index is 1.57. The number of carbonyl (C=O) groups excluding carboxylic acids is 3. The zero-order chi connectivity index (χ0) is 26.5. The molecule has 1 heterocycles. The van der Waals surface area contributed by atoms with Gasteiger partial charge in [0.05, 0.1) is 12.8 Å². The van der Waals surface area contributed by atoms with E-state index in [1.165, 1.54) is 38.3 Å². The lowest BCUT2D eigenvalue weighted by molar-refractivity contribution is -0.122. The van der Waals surface area contributed by atoms with Gasteiger partial charge in [0.2, 0.25) is 5.91 Å². The minimum Gasteiger partial charge on any atom is -0.496 e. The maximum absolute atomic E-state index is 13.8. The first kappa shape index (κ1) is 25.5. The number of halogens is 1. The van der Waals surface area contributed by atoms with Crippen molar-refractivity contribution in [1.29, 1.82) is 0 Å². The molecule has 188 valence electrons. The van der Waals surface area contributed by atoms with Gasteiger partial charge in [-0.1, -0.05) is 12.1 Å². The average molecular weight is 520 g/mol. The predicted octanol–water partition coefficient (Wildman–Crippen LogP) is 4.20. The summed E-state index contributed by atoms with van der Waals surface area (Å²) in [6.45, 7) is 1.57. The van der Waals surface area contributed by atoms with E-state index in [9.17, 15) is 18.8 Å². The second-order valence-corrected chi connectivity index (χ2v) is 8.39. The van der Waals surface area contributed by atoms with Crippen LogP contribution in [-0.4, -0.2) is 29.9 Å². The molecule has 0 aromatic heterocycles. The molecule has 1 fully saturated rings. The fourth-order valence-electron chi connectivity index (χ4n) is 3.67. The van der Waals surface area contributed by atoms with E-state index in [-0.39, 0.29) is 28.9 Å². The van der Waals surface area contributed by atoms with Gasteiger partial charge in [0.15, 0.2) is 5.11 Å². The molecule has 1 aliphatic rings. The van der Waals surface area contributed by atoms with Crippen molar-refractivity contribution in [2.45, 2.75) is 13.5 Å². The number of rotatable bonds is 7. The molecular weight excluding hydrogens is 497 g/mol. The quantitative estimate of drug-likeness (QED) is 0.276. The number of ether oxygens (including phenoxy) is 2. The van der Waals surface area contributed by atoms with Crippen molar-refractivity contribution in [3.8, 4) is 11.5 Å². The molecule has 0 radical (unpaired) electrons. The zero-order valence-electron chi connectivity index (χ0n) is 19.9. The summed E-state index contributed by atoms with van der Waals surface area (Å²) in [6.07, 6.45) is 1.43. The van der Waals surface area contributed by atoms with Crippen molar-refractivity contribution in [2.24, 2.45) is 0 Å². The topological polar surface area (TPSA) is 97.0 Å². The Morgan fingerprint density at radius 3 is 2.54 bits per heavy atom. The average Bonchev–Trinajstić information content (AvgIpc) is 2.86. The number of amides is 3. The molecule has 0 atom stereocenters. The summed E-state index contributed by atoms with van der Waals surface area (Å²) in [6, 6.07) is 17.4. The molecule has 1 aliphatic heterocycles. The van der Waals surface area contributed by atoms with Crippen LogP contribution in [0.1, 0.15) is 18.1 Å². The minimum atomic E-state index is -0.674. The molecule has 1 saturated heterocycles. The van der Waals surface area contributed by atoms with Crippen molar-refractivity contribution in [1.82, 2.24) is 5.32 Å². The van der Waals surface area contributed by atoms with Gasteiger partial charge < -0.3 is 14.8 Å². The maximum atomic E-state index is 13.8. The molecule has 3 aromatic carbocycles. The number of hydrogen-bond donors (Lipinski definition) is 2. The summed E-state index contributed by atoms with van der Waals surface area (Å²) in [4.78, 5) is 38.1. The van der Waals surface area contributed by atoms with Crippen LogP contribution >= 0.6 is 12.2 Å². The fraction of sp³-hybridized carbons (Fsp3) is 0.111. The Hall–Kier alpha value is -4.57. The van der Waals surface area contributed by atoms with E-state index in [0.29, 0.717) is 28.3 Å². The number of nitrogens with zero attached hydrogens (tertiary/aromatic N) is 1. The molecule has 10 heteroatoms. The Kier molecular flexibility index (Phi) is 7.59. The SMILES string of the molecule is COc1ccc(C=C2C(=O)NC(=S)N(c3cccc(F)c3)C2=O)cc1COc1ccc(NC(C)=O)cc1. The van der Waals surface area contributed by atoms with Crippen molar-refractivity contribution in [3.63, 3.8) is 0 Å².